The van der Waals surface area contributed by atoms with Crippen LogP contribution in [-0.2, 0) is 0 Å². The molecule has 0 saturated heterocycles. The first-order valence-corrected chi connectivity index (χ1v) is 19.0. The summed E-state index contributed by atoms with van der Waals surface area (Å²) in [6.45, 7) is 0. The van der Waals surface area contributed by atoms with Crippen molar-refractivity contribution in [2.24, 2.45) is 0 Å². The highest BCUT2D eigenvalue weighted by atomic mass is 16.6. The molecule has 2 aliphatic heterocycles. The summed E-state index contributed by atoms with van der Waals surface area (Å²) < 4.78 is 25.9. The van der Waals surface area contributed by atoms with Gasteiger partial charge in [-0.2, -0.15) is 0 Å². The summed E-state index contributed by atoms with van der Waals surface area (Å²) in [6.07, 6.45) is 0. The van der Waals surface area contributed by atoms with Gasteiger partial charge in [-0.1, -0.05) is 158 Å². The molecule has 12 rings (SSSR count). The molecule has 0 amide bonds. The standard InChI is InChI=1S/C50H30B2O4/c1-2-16-32-31(15-1)37(47-33-17-3-7-21-39(33)49(40-22-8-4-18-34(40)47)51-53-43-25-11-12-26-44(43)54-51)29-30-38(32)48-35-19-5-9-23-41(35)50(42-24-10-6-20-36(42)48)52-55-45-27-13-14-28-46(45)56-52/h1-30H. The minimum Gasteiger partial charge on any atom is -0.519 e. The number of para-hydroxylation sites is 4. The molecule has 2 aliphatic rings. The molecular formula is C50H30B2O4. The van der Waals surface area contributed by atoms with Crippen LogP contribution in [0.1, 0.15) is 0 Å². The maximum absolute atomic E-state index is 6.48. The molecular weight excluding hydrogens is 686 g/mol. The van der Waals surface area contributed by atoms with E-state index in [-0.39, 0.29) is 0 Å². The molecule has 4 nitrogen and oxygen atoms in total. The van der Waals surface area contributed by atoms with Crippen LogP contribution in [-0.4, -0.2) is 14.2 Å². The Kier molecular flexibility index (Phi) is 6.78. The molecule has 0 radical (unpaired) electrons. The molecule has 0 atom stereocenters. The van der Waals surface area contributed by atoms with Gasteiger partial charge in [-0.3, -0.25) is 0 Å². The molecule has 0 saturated carbocycles. The van der Waals surface area contributed by atoms with Crippen LogP contribution in [0.5, 0.6) is 23.0 Å². The normalized spacial score (nSPS) is 13.1. The molecule has 0 unspecified atom stereocenters. The van der Waals surface area contributed by atoms with Crippen LogP contribution in [0.15, 0.2) is 182 Å². The zero-order valence-corrected chi connectivity index (χ0v) is 30.1. The van der Waals surface area contributed by atoms with Crippen LogP contribution in [0.25, 0.3) is 76.1 Å². The third-order valence-corrected chi connectivity index (χ3v) is 11.5. The quantitative estimate of drug-likeness (QED) is 0.134. The lowest BCUT2D eigenvalue weighted by Crippen LogP contribution is -2.40. The fourth-order valence-electron chi connectivity index (χ4n) is 9.18. The largest absolute Gasteiger partial charge is 0.634 e. The monoisotopic (exact) mass is 716 g/mol. The zero-order chi connectivity index (χ0) is 36.7. The Morgan fingerprint density at radius 3 is 0.750 bits per heavy atom. The van der Waals surface area contributed by atoms with Crippen molar-refractivity contribution in [2.75, 3.05) is 0 Å². The Morgan fingerprint density at radius 1 is 0.232 bits per heavy atom. The average molecular weight is 716 g/mol. The van der Waals surface area contributed by atoms with Crippen LogP contribution in [0.3, 0.4) is 0 Å². The molecule has 0 fully saturated rings. The van der Waals surface area contributed by atoms with Crippen LogP contribution in [0, 0.1) is 0 Å². The van der Waals surface area contributed by atoms with Gasteiger partial charge in [0.2, 0.25) is 0 Å². The van der Waals surface area contributed by atoms with E-state index in [9.17, 15) is 0 Å². The van der Waals surface area contributed by atoms with E-state index >= 15 is 0 Å². The van der Waals surface area contributed by atoms with E-state index < -0.39 is 14.2 Å². The fraction of sp³-hybridized carbons (Fsp3) is 0. The Bertz CT molecular complexity index is 2870. The topological polar surface area (TPSA) is 36.9 Å². The summed E-state index contributed by atoms with van der Waals surface area (Å²) in [5.41, 5.74) is 6.81. The zero-order valence-electron chi connectivity index (χ0n) is 30.1. The van der Waals surface area contributed by atoms with Crippen molar-refractivity contribution in [1.29, 1.82) is 0 Å². The minimum absolute atomic E-state index is 0.561. The molecule has 260 valence electrons. The predicted octanol–water partition coefficient (Wildman–Crippen LogP) is 11.1. The van der Waals surface area contributed by atoms with Crippen molar-refractivity contribution >= 4 is 79.0 Å². The lowest BCUT2D eigenvalue weighted by Gasteiger charge is -2.21. The van der Waals surface area contributed by atoms with E-state index in [0.29, 0.717) is 0 Å². The van der Waals surface area contributed by atoms with Gasteiger partial charge in [0.15, 0.2) is 0 Å². The molecule has 0 N–H and O–H groups in total. The van der Waals surface area contributed by atoms with E-state index in [2.05, 4.69) is 133 Å². The average Bonchev–Trinajstić information content (AvgIpc) is 3.89. The van der Waals surface area contributed by atoms with Crippen molar-refractivity contribution in [3.8, 4) is 45.3 Å². The van der Waals surface area contributed by atoms with Gasteiger partial charge < -0.3 is 18.6 Å². The van der Waals surface area contributed by atoms with Gasteiger partial charge in [0.25, 0.3) is 0 Å². The van der Waals surface area contributed by atoms with E-state index in [4.69, 9.17) is 18.6 Å². The summed E-state index contributed by atoms with van der Waals surface area (Å²) in [6, 6.07) is 63.9. The van der Waals surface area contributed by atoms with E-state index in [1.165, 1.54) is 33.0 Å². The van der Waals surface area contributed by atoms with Crippen molar-refractivity contribution in [3.63, 3.8) is 0 Å². The maximum Gasteiger partial charge on any atom is 0.634 e. The fourth-order valence-corrected chi connectivity index (χ4v) is 9.18. The van der Waals surface area contributed by atoms with E-state index in [1.54, 1.807) is 0 Å². The highest BCUT2D eigenvalue weighted by molar-refractivity contribution is 6.71. The number of benzene rings is 10. The molecule has 6 heteroatoms. The van der Waals surface area contributed by atoms with Gasteiger partial charge in [0.05, 0.1) is 0 Å². The highest BCUT2D eigenvalue weighted by Gasteiger charge is 2.39. The van der Waals surface area contributed by atoms with Crippen LogP contribution < -0.4 is 29.5 Å². The first-order chi connectivity index (χ1) is 27.8. The molecule has 0 aromatic heterocycles. The molecule has 0 bridgehead atoms. The molecule has 56 heavy (non-hydrogen) atoms. The summed E-state index contributed by atoms with van der Waals surface area (Å²) in [7, 11) is -1.12. The molecule has 10 aromatic rings. The summed E-state index contributed by atoms with van der Waals surface area (Å²) in [5, 5.41) is 11.4. The lowest BCUT2D eigenvalue weighted by atomic mass is 9.71. The Morgan fingerprint density at radius 2 is 0.464 bits per heavy atom. The number of rotatable bonds is 4. The Hall–Kier alpha value is -7.17. The van der Waals surface area contributed by atoms with Gasteiger partial charge in [-0.25, -0.2) is 0 Å². The first kappa shape index (κ1) is 31.2. The Labute approximate surface area is 323 Å². The second kappa shape index (κ2) is 12.2. The smallest absolute Gasteiger partial charge is 0.519 e. The third-order valence-electron chi connectivity index (χ3n) is 11.5. The number of hydrogen-bond donors (Lipinski definition) is 0. The molecule has 0 spiro atoms. The van der Waals surface area contributed by atoms with Crippen LogP contribution in [0.4, 0.5) is 0 Å². The summed E-state index contributed by atoms with van der Waals surface area (Å²) in [5.74, 6) is 3.05. The van der Waals surface area contributed by atoms with Crippen molar-refractivity contribution < 1.29 is 18.6 Å². The van der Waals surface area contributed by atoms with Gasteiger partial charge >= 0.3 is 14.2 Å². The minimum atomic E-state index is -0.561. The molecule has 10 aromatic carbocycles. The second-order valence-corrected chi connectivity index (χ2v) is 14.5. The van der Waals surface area contributed by atoms with Gasteiger partial charge in [-0.15, -0.1) is 0 Å². The van der Waals surface area contributed by atoms with Crippen LogP contribution in [0.2, 0.25) is 0 Å². The van der Waals surface area contributed by atoms with Crippen molar-refractivity contribution in [2.45, 2.75) is 0 Å². The van der Waals surface area contributed by atoms with Gasteiger partial charge in [0.1, 0.15) is 23.0 Å². The first-order valence-electron chi connectivity index (χ1n) is 19.0. The van der Waals surface area contributed by atoms with E-state index in [0.717, 1.165) is 77.0 Å². The van der Waals surface area contributed by atoms with E-state index in [1.807, 2.05) is 48.5 Å². The molecule has 0 aliphatic carbocycles. The Balaban J connectivity index is 1.10. The maximum atomic E-state index is 6.48. The SMILES string of the molecule is c1ccc2c(c1)OB(c1c3ccccc3c(-c3ccc(-c4c5ccccc5c(B5Oc6ccccc6O5)c5ccccc45)c4ccccc34)c3ccccc13)O2. The highest BCUT2D eigenvalue weighted by Crippen LogP contribution is 2.46. The summed E-state index contributed by atoms with van der Waals surface area (Å²) in [4.78, 5) is 0. The van der Waals surface area contributed by atoms with Crippen molar-refractivity contribution in [1.82, 2.24) is 0 Å². The number of fused-ring (bicyclic) bond motifs is 7. The predicted molar refractivity (Wildman–Crippen MR) is 231 cm³/mol. The van der Waals surface area contributed by atoms with Gasteiger partial charge in [0, 0.05) is 10.9 Å². The van der Waals surface area contributed by atoms with Gasteiger partial charge in [-0.05, 0) is 100 Å². The summed E-state index contributed by atoms with van der Waals surface area (Å²) >= 11 is 0. The lowest BCUT2D eigenvalue weighted by molar-refractivity contribution is 0.519. The molecule has 2 heterocycles. The van der Waals surface area contributed by atoms with Crippen molar-refractivity contribution in [3.05, 3.63) is 182 Å². The second-order valence-electron chi connectivity index (χ2n) is 14.5. The third kappa shape index (κ3) is 4.56. The van der Waals surface area contributed by atoms with Crippen LogP contribution >= 0.6 is 0 Å². The number of hydrogen-bond acceptors (Lipinski definition) is 4.